The lowest BCUT2D eigenvalue weighted by Crippen LogP contribution is -2.46. The van der Waals surface area contributed by atoms with Crippen LogP contribution in [0.2, 0.25) is 0 Å². The van der Waals surface area contributed by atoms with E-state index in [0.29, 0.717) is 26.4 Å². The monoisotopic (exact) mass is 402 g/mol. The molecule has 0 fully saturated rings. The van der Waals surface area contributed by atoms with Gasteiger partial charge in [-0.05, 0) is 24.1 Å². The minimum atomic E-state index is 0.252. The van der Waals surface area contributed by atoms with Gasteiger partial charge in [0.15, 0.2) is 11.8 Å². The van der Waals surface area contributed by atoms with Crippen LogP contribution in [0.4, 0.5) is 0 Å². The summed E-state index contributed by atoms with van der Waals surface area (Å²) in [6, 6.07) is 8.27. The average Bonchev–Trinajstić information content (AvgIpc) is 3.14. The first-order chi connectivity index (χ1) is 14.2. The molecule has 9 heteroatoms. The van der Waals surface area contributed by atoms with Gasteiger partial charge in [0, 0.05) is 40.3 Å². The molecule has 0 saturated heterocycles. The van der Waals surface area contributed by atoms with Crippen molar-refractivity contribution in [2.45, 2.75) is 38.6 Å². The van der Waals surface area contributed by atoms with Crippen molar-refractivity contribution >= 4 is 5.96 Å². The zero-order valence-electron chi connectivity index (χ0n) is 17.4. The predicted octanol–water partition coefficient (Wildman–Crippen LogP) is 1.13. The van der Waals surface area contributed by atoms with E-state index in [1.54, 1.807) is 21.3 Å². The normalized spacial score (nSPS) is 16.4. The zero-order chi connectivity index (χ0) is 20.5. The Morgan fingerprint density at radius 2 is 2.03 bits per heavy atom. The van der Waals surface area contributed by atoms with E-state index in [9.17, 15) is 0 Å². The molecule has 0 bridgehead atoms. The number of ether oxygens (including phenoxy) is 3. The maximum Gasteiger partial charge on any atom is 0.191 e. The molecule has 1 unspecified atom stereocenters. The van der Waals surface area contributed by atoms with Crippen molar-refractivity contribution < 1.29 is 14.2 Å². The van der Waals surface area contributed by atoms with Gasteiger partial charge in [0.1, 0.15) is 24.8 Å². The van der Waals surface area contributed by atoms with E-state index in [2.05, 4.69) is 25.7 Å². The molecule has 0 aliphatic carbocycles. The summed E-state index contributed by atoms with van der Waals surface area (Å²) in [5, 5.41) is 11.4. The topological polar surface area (TPSA) is 94.8 Å². The van der Waals surface area contributed by atoms with Gasteiger partial charge in [0.2, 0.25) is 0 Å². The quantitative estimate of drug-likeness (QED) is 0.369. The molecule has 1 aliphatic heterocycles. The second-order valence-corrected chi connectivity index (χ2v) is 6.85. The highest BCUT2D eigenvalue weighted by molar-refractivity contribution is 5.79. The lowest BCUT2D eigenvalue weighted by molar-refractivity contribution is 0.146. The SMILES string of the molecule is CN=C(NCc1ccc(OCCOC)cc1)NC1CCc2nc(COC)nn2C1. The van der Waals surface area contributed by atoms with Crippen LogP contribution < -0.4 is 15.4 Å². The molecular formula is C20H30N6O3. The van der Waals surface area contributed by atoms with Crippen LogP contribution >= 0.6 is 0 Å². The minimum absolute atomic E-state index is 0.252. The third-order valence-corrected chi connectivity index (χ3v) is 4.68. The molecule has 0 saturated carbocycles. The van der Waals surface area contributed by atoms with E-state index in [1.165, 1.54) is 0 Å². The summed E-state index contributed by atoms with van der Waals surface area (Å²) in [7, 11) is 5.10. The summed E-state index contributed by atoms with van der Waals surface area (Å²) in [5.74, 6) is 3.37. The number of nitrogens with zero attached hydrogens (tertiary/aromatic N) is 4. The Kier molecular flexibility index (Phi) is 7.83. The Morgan fingerprint density at radius 3 is 2.76 bits per heavy atom. The van der Waals surface area contributed by atoms with Crippen LogP contribution in [0.1, 0.15) is 23.6 Å². The molecular weight excluding hydrogens is 372 g/mol. The largest absolute Gasteiger partial charge is 0.491 e. The molecule has 0 amide bonds. The summed E-state index contributed by atoms with van der Waals surface area (Å²) in [6.07, 6.45) is 1.87. The predicted molar refractivity (Wildman–Crippen MR) is 110 cm³/mol. The number of aliphatic imine (C=N–C) groups is 1. The third-order valence-electron chi connectivity index (χ3n) is 4.68. The van der Waals surface area contributed by atoms with E-state index >= 15 is 0 Å². The maximum absolute atomic E-state index is 5.59. The molecule has 29 heavy (non-hydrogen) atoms. The summed E-state index contributed by atoms with van der Waals surface area (Å²) >= 11 is 0. The fourth-order valence-electron chi connectivity index (χ4n) is 3.19. The van der Waals surface area contributed by atoms with Crippen LogP contribution in [0.15, 0.2) is 29.3 Å². The summed E-state index contributed by atoms with van der Waals surface area (Å²) < 4.78 is 17.7. The first-order valence-corrected chi connectivity index (χ1v) is 9.81. The summed E-state index contributed by atoms with van der Waals surface area (Å²) in [6.45, 7) is 3.01. The molecule has 2 aromatic rings. The van der Waals surface area contributed by atoms with Gasteiger partial charge in [-0.25, -0.2) is 9.67 Å². The molecule has 1 aliphatic rings. The number of fused-ring (bicyclic) bond motifs is 1. The van der Waals surface area contributed by atoms with E-state index in [1.807, 2.05) is 28.9 Å². The first kappa shape index (κ1) is 21.1. The number of aryl methyl sites for hydroxylation is 1. The second-order valence-electron chi connectivity index (χ2n) is 6.85. The van der Waals surface area contributed by atoms with Crippen LogP contribution in [-0.4, -0.2) is 61.2 Å². The zero-order valence-corrected chi connectivity index (χ0v) is 17.4. The molecule has 1 atom stereocenters. The molecule has 2 heterocycles. The number of rotatable bonds is 9. The van der Waals surface area contributed by atoms with Gasteiger partial charge in [-0.1, -0.05) is 12.1 Å². The number of nitrogens with one attached hydrogen (secondary N) is 2. The minimum Gasteiger partial charge on any atom is -0.491 e. The number of benzene rings is 1. The highest BCUT2D eigenvalue weighted by atomic mass is 16.5. The van der Waals surface area contributed by atoms with Crippen LogP contribution in [-0.2, 0) is 35.6 Å². The number of guanidine groups is 1. The van der Waals surface area contributed by atoms with Gasteiger partial charge < -0.3 is 24.8 Å². The van der Waals surface area contributed by atoms with Crippen molar-refractivity contribution in [2.24, 2.45) is 4.99 Å². The third kappa shape index (κ3) is 6.16. The van der Waals surface area contributed by atoms with Gasteiger partial charge in [0.05, 0.1) is 13.2 Å². The molecule has 9 nitrogen and oxygen atoms in total. The van der Waals surface area contributed by atoms with Crippen LogP contribution in [0.3, 0.4) is 0 Å². The van der Waals surface area contributed by atoms with E-state index in [4.69, 9.17) is 14.2 Å². The van der Waals surface area contributed by atoms with E-state index in [0.717, 1.165) is 48.3 Å². The average molecular weight is 402 g/mol. The molecule has 1 aromatic carbocycles. The number of methoxy groups -OCH3 is 2. The highest BCUT2D eigenvalue weighted by Crippen LogP contribution is 2.14. The van der Waals surface area contributed by atoms with Gasteiger partial charge in [0.25, 0.3) is 0 Å². The highest BCUT2D eigenvalue weighted by Gasteiger charge is 2.22. The van der Waals surface area contributed by atoms with Crippen molar-refractivity contribution in [1.29, 1.82) is 0 Å². The fourth-order valence-corrected chi connectivity index (χ4v) is 3.19. The first-order valence-electron chi connectivity index (χ1n) is 9.81. The van der Waals surface area contributed by atoms with Crippen LogP contribution in [0, 0.1) is 0 Å². The van der Waals surface area contributed by atoms with Gasteiger partial charge in [-0.3, -0.25) is 4.99 Å². The Bertz CT molecular complexity index is 790. The van der Waals surface area contributed by atoms with Crippen molar-refractivity contribution in [3.63, 3.8) is 0 Å². The number of hydrogen-bond acceptors (Lipinski definition) is 6. The molecule has 0 spiro atoms. The van der Waals surface area contributed by atoms with E-state index in [-0.39, 0.29) is 6.04 Å². The fraction of sp³-hybridized carbons (Fsp3) is 0.550. The summed E-state index contributed by atoms with van der Waals surface area (Å²) in [4.78, 5) is 8.86. The van der Waals surface area contributed by atoms with E-state index < -0.39 is 0 Å². The number of aromatic nitrogens is 3. The molecule has 1 aromatic heterocycles. The smallest absolute Gasteiger partial charge is 0.191 e. The Hall–Kier alpha value is -2.65. The molecule has 2 N–H and O–H groups in total. The van der Waals surface area contributed by atoms with Crippen molar-refractivity contribution in [3.8, 4) is 5.75 Å². The lowest BCUT2D eigenvalue weighted by atomic mass is 10.1. The van der Waals surface area contributed by atoms with Gasteiger partial charge >= 0.3 is 0 Å². The molecule has 3 rings (SSSR count). The van der Waals surface area contributed by atoms with Gasteiger partial charge in [-0.2, -0.15) is 5.10 Å². The second kappa shape index (κ2) is 10.8. The van der Waals surface area contributed by atoms with Crippen LogP contribution in [0.5, 0.6) is 5.75 Å². The molecule has 0 radical (unpaired) electrons. The Labute approximate surface area is 171 Å². The van der Waals surface area contributed by atoms with Crippen molar-refractivity contribution in [1.82, 2.24) is 25.4 Å². The lowest BCUT2D eigenvalue weighted by Gasteiger charge is -2.25. The van der Waals surface area contributed by atoms with Crippen LogP contribution in [0.25, 0.3) is 0 Å². The Morgan fingerprint density at radius 1 is 1.21 bits per heavy atom. The maximum atomic E-state index is 5.59. The molecule has 158 valence electrons. The van der Waals surface area contributed by atoms with Gasteiger partial charge in [-0.15, -0.1) is 0 Å². The standard InChI is InChI=1S/C20H30N6O3/c1-21-20(22-12-15-4-7-17(8-5-15)29-11-10-27-2)23-16-6-9-19-24-18(14-28-3)25-26(19)13-16/h4-5,7-8,16H,6,9-14H2,1-3H3,(H2,21,22,23). The number of hydrogen-bond donors (Lipinski definition) is 2. The van der Waals surface area contributed by atoms with Crippen molar-refractivity contribution in [3.05, 3.63) is 41.5 Å². The van der Waals surface area contributed by atoms with Crippen molar-refractivity contribution in [2.75, 3.05) is 34.5 Å². The Balaban J connectivity index is 1.47. The summed E-state index contributed by atoms with van der Waals surface area (Å²) in [5.41, 5.74) is 1.15.